The monoisotopic (exact) mass is 353 g/mol. The lowest BCUT2D eigenvalue weighted by Crippen LogP contribution is -2.36. The van der Waals surface area contributed by atoms with Gasteiger partial charge in [0, 0.05) is 13.1 Å². The summed E-state index contributed by atoms with van der Waals surface area (Å²) in [6.45, 7) is 7.57. The van der Waals surface area contributed by atoms with Crippen LogP contribution in [0.5, 0.6) is 0 Å². The number of hydrogen-bond donors (Lipinski definition) is 1. The first kappa shape index (κ1) is 22.7. The van der Waals surface area contributed by atoms with Crippen LogP contribution in [0.3, 0.4) is 0 Å². The molecule has 0 bridgehead atoms. The average molecular weight is 354 g/mol. The Kier molecular flexibility index (Phi) is 15.5. The van der Waals surface area contributed by atoms with Gasteiger partial charge in [0.1, 0.15) is 0 Å². The van der Waals surface area contributed by atoms with Crippen molar-refractivity contribution in [3.8, 4) is 0 Å². The molecule has 0 saturated carbocycles. The fourth-order valence-electron chi connectivity index (χ4n) is 3.43. The van der Waals surface area contributed by atoms with Crippen LogP contribution in [0.25, 0.3) is 0 Å². The second kappa shape index (κ2) is 17.1. The van der Waals surface area contributed by atoms with E-state index >= 15 is 0 Å². The highest BCUT2D eigenvalue weighted by molar-refractivity contribution is 4.84. The third-order valence-electron chi connectivity index (χ3n) is 5.16. The van der Waals surface area contributed by atoms with Gasteiger partial charge in [-0.25, -0.2) is 0 Å². The summed E-state index contributed by atoms with van der Waals surface area (Å²) in [6, 6.07) is 0. The smallest absolute Gasteiger partial charge is 0.0594 e. The van der Waals surface area contributed by atoms with Crippen molar-refractivity contribution in [1.29, 1.82) is 0 Å². The van der Waals surface area contributed by atoms with E-state index < -0.39 is 0 Å². The maximum absolute atomic E-state index is 9.90. The number of aliphatic hydroxyl groups excluding tert-OH is 1. The number of hydrogen-bond acceptors (Lipinski definition) is 3. The molecule has 1 aliphatic rings. The molecule has 0 aromatic carbocycles. The van der Waals surface area contributed by atoms with E-state index in [1.807, 2.05) is 0 Å². The van der Waals surface area contributed by atoms with Crippen LogP contribution in [0.2, 0.25) is 0 Å². The van der Waals surface area contributed by atoms with Crippen molar-refractivity contribution in [3.63, 3.8) is 0 Å². The molecule has 3 nitrogen and oxygen atoms in total. The molecule has 0 radical (unpaired) electrons. The van der Waals surface area contributed by atoms with Crippen LogP contribution in [-0.2, 0) is 4.74 Å². The van der Waals surface area contributed by atoms with Gasteiger partial charge >= 0.3 is 0 Å². The normalized spacial score (nSPS) is 17.4. The molecule has 0 spiro atoms. The van der Waals surface area contributed by atoms with Crippen LogP contribution in [0, 0.1) is 0 Å². The highest BCUT2D eigenvalue weighted by Crippen LogP contribution is 2.11. The highest BCUT2D eigenvalue weighted by Gasteiger charge is 2.08. The molecule has 1 rings (SSSR count). The Hall–Kier alpha value is -0.380. The Bertz CT molecular complexity index is 300. The van der Waals surface area contributed by atoms with E-state index in [0.717, 1.165) is 39.1 Å². The molecule has 0 aliphatic carbocycles. The summed E-state index contributed by atoms with van der Waals surface area (Å²) in [6.07, 6.45) is 20.4. The number of ether oxygens (including phenoxy) is 1. The first-order valence-corrected chi connectivity index (χ1v) is 11.0. The van der Waals surface area contributed by atoms with Crippen LogP contribution in [0.15, 0.2) is 12.2 Å². The highest BCUT2D eigenvalue weighted by atomic mass is 16.5. The Labute approximate surface area is 156 Å². The van der Waals surface area contributed by atoms with E-state index in [-0.39, 0.29) is 6.10 Å². The summed E-state index contributed by atoms with van der Waals surface area (Å²) in [5, 5.41) is 9.90. The molecule has 148 valence electrons. The Morgan fingerprint density at radius 2 is 1.56 bits per heavy atom. The van der Waals surface area contributed by atoms with Crippen LogP contribution < -0.4 is 0 Å². The maximum Gasteiger partial charge on any atom is 0.0594 e. The first-order valence-electron chi connectivity index (χ1n) is 11.0. The zero-order valence-electron chi connectivity index (χ0n) is 16.8. The molecule has 1 atom stereocenters. The lowest BCUT2D eigenvalue weighted by molar-refractivity contribution is 0.0371. The zero-order valence-corrected chi connectivity index (χ0v) is 16.8. The van der Waals surface area contributed by atoms with Crippen molar-refractivity contribution in [2.24, 2.45) is 0 Å². The van der Waals surface area contributed by atoms with Gasteiger partial charge in [-0.3, -0.25) is 4.90 Å². The Morgan fingerprint density at radius 3 is 2.32 bits per heavy atom. The van der Waals surface area contributed by atoms with Crippen molar-refractivity contribution in [2.75, 3.05) is 32.8 Å². The van der Waals surface area contributed by atoms with E-state index in [1.54, 1.807) is 0 Å². The van der Waals surface area contributed by atoms with Crippen LogP contribution >= 0.6 is 0 Å². The molecule has 25 heavy (non-hydrogen) atoms. The summed E-state index contributed by atoms with van der Waals surface area (Å²) in [4.78, 5) is 2.53. The van der Waals surface area contributed by atoms with E-state index in [9.17, 15) is 5.11 Å². The van der Waals surface area contributed by atoms with E-state index in [0.29, 0.717) is 0 Å². The van der Waals surface area contributed by atoms with Crippen molar-refractivity contribution < 1.29 is 9.84 Å². The van der Waals surface area contributed by atoms with Gasteiger partial charge < -0.3 is 9.84 Å². The van der Waals surface area contributed by atoms with Gasteiger partial charge in [-0.2, -0.15) is 0 Å². The van der Waals surface area contributed by atoms with Crippen LogP contribution in [0.4, 0.5) is 0 Å². The van der Waals surface area contributed by atoms with Crippen molar-refractivity contribution in [1.82, 2.24) is 4.90 Å². The predicted octanol–water partition coefficient (Wildman–Crippen LogP) is 5.33. The Balaban J connectivity index is 1.78. The first-order chi connectivity index (χ1) is 12.3. The molecule has 0 amide bonds. The molecule has 3 heteroatoms. The quantitative estimate of drug-likeness (QED) is 0.301. The Morgan fingerprint density at radius 1 is 0.880 bits per heavy atom. The van der Waals surface area contributed by atoms with Gasteiger partial charge in [-0.05, 0) is 38.6 Å². The third-order valence-corrected chi connectivity index (χ3v) is 5.16. The molecule has 1 fully saturated rings. The van der Waals surface area contributed by atoms with E-state index in [2.05, 4.69) is 24.0 Å². The predicted molar refractivity (Wildman–Crippen MR) is 108 cm³/mol. The minimum Gasteiger partial charge on any atom is -0.393 e. The van der Waals surface area contributed by atoms with Gasteiger partial charge in [0.2, 0.25) is 0 Å². The number of unbranched alkanes of at least 4 members (excludes halogenated alkanes) is 9. The molecular weight excluding hydrogens is 310 g/mol. The molecule has 1 N–H and O–H groups in total. The molecule has 0 aromatic heterocycles. The summed E-state index contributed by atoms with van der Waals surface area (Å²) < 4.78 is 5.38. The van der Waals surface area contributed by atoms with E-state index in [1.165, 1.54) is 77.2 Å². The van der Waals surface area contributed by atoms with Gasteiger partial charge in [0.15, 0.2) is 0 Å². The second-order valence-electron chi connectivity index (χ2n) is 7.57. The molecule has 1 heterocycles. The molecule has 1 saturated heterocycles. The zero-order chi connectivity index (χ0) is 18.0. The molecule has 0 unspecified atom stereocenters. The van der Waals surface area contributed by atoms with Gasteiger partial charge in [-0.15, -0.1) is 0 Å². The average Bonchev–Trinajstić information content (AvgIpc) is 2.64. The van der Waals surface area contributed by atoms with Crippen molar-refractivity contribution in [3.05, 3.63) is 12.2 Å². The van der Waals surface area contributed by atoms with Crippen molar-refractivity contribution >= 4 is 0 Å². The molecular formula is C22H43NO2. The topological polar surface area (TPSA) is 32.7 Å². The van der Waals surface area contributed by atoms with E-state index in [4.69, 9.17) is 4.74 Å². The lowest BCUT2D eigenvalue weighted by Gasteiger charge is -2.26. The maximum atomic E-state index is 9.90. The fraction of sp³-hybridized carbons (Fsp3) is 0.909. The minimum absolute atomic E-state index is 0.125. The number of morpholine rings is 1. The SMILES string of the molecule is CCCCCC[C@@H](O)C/C=C\CCCCCCCCN1CCOCC1. The van der Waals surface area contributed by atoms with Gasteiger partial charge in [0.05, 0.1) is 19.3 Å². The standard InChI is InChI=1S/C22H43NO2/c1-2-3-4-12-15-22(24)16-13-10-8-6-5-7-9-11-14-17-23-18-20-25-21-19-23/h10,13,22,24H,2-9,11-12,14-21H2,1H3/b13-10-/t22-/m1/s1. The number of rotatable bonds is 16. The molecule has 0 aromatic rings. The van der Waals surface area contributed by atoms with Gasteiger partial charge in [-0.1, -0.05) is 70.4 Å². The largest absolute Gasteiger partial charge is 0.393 e. The minimum atomic E-state index is -0.125. The third kappa shape index (κ3) is 14.5. The van der Waals surface area contributed by atoms with Crippen LogP contribution in [0.1, 0.15) is 90.4 Å². The number of nitrogens with zero attached hydrogens (tertiary/aromatic N) is 1. The number of allylic oxidation sites excluding steroid dienone is 1. The summed E-state index contributed by atoms with van der Waals surface area (Å²) in [5.41, 5.74) is 0. The summed E-state index contributed by atoms with van der Waals surface area (Å²) >= 11 is 0. The molecule has 1 aliphatic heterocycles. The summed E-state index contributed by atoms with van der Waals surface area (Å²) in [5.74, 6) is 0. The number of aliphatic hydroxyl groups is 1. The second-order valence-corrected chi connectivity index (χ2v) is 7.57. The van der Waals surface area contributed by atoms with Crippen LogP contribution in [-0.4, -0.2) is 49.0 Å². The van der Waals surface area contributed by atoms with Gasteiger partial charge in [0.25, 0.3) is 0 Å². The summed E-state index contributed by atoms with van der Waals surface area (Å²) in [7, 11) is 0. The lowest BCUT2D eigenvalue weighted by atomic mass is 10.1. The van der Waals surface area contributed by atoms with Crippen molar-refractivity contribution in [2.45, 2.75) is 96.5 Å². The fourth-order valence-corrected chi connectivity index (χ4v) is 3.43.